The van der Waals surface area contributed by atoms with Crippen molar-refractivity contribution in [1.82, 2.24) is 0 Å². The predicted molar refractivity (Wildman–Crippen MR) is 107 cm³/mol. The van der Waals surface area contributed by atoms with Gasteiger partial charge in [-0.15, -0.1) is 0 Å². The summed E-state index contributed by atoms with van der Waals surface area (Å²) in [4.78, 5) is 12.7. The van der Waals surface area contributed by atoms with Gasteiger partial charge in [0.2, 0.25) is 0 Å². The average Bonchev–Trinajstić information content (AvgIpc) is 2.71. The molecule has 3 aromatic carbocycles. The zero-order valence-electron chi connectivity index (χ0n) is 15.3. The van der Waals surface area contributed by atoms with Crippen LogP contribution < -0.4 is 4.74 Å². The third-order valence-corrected chi connectivity index (χ3v) is 4.37. The molecule has 0 saturated carbocycles. The quantitative estimate of drug-likeness (QED) is 0.339. The summed E-state index contributed by atoms with van der Waals surface area (Å²) in [5, 5.41) is 30.0. The van der Waals surface area contributed by atoms with Crippen molar-refractivity contribution in [3.63, 3.8) is 0 Å². The number of phenols is 3. The van der Waals surface area contributed by atoms with E-state index in [0.717, 1.165) is 5.56 Å². The number of carbonyl (C=O) groups is 1. The van der Waals surface area contributed by atoms with E-state index in [-0.39, 0.29) is 35.2 Å². The molecule has 0 saturated heterocycles. The molecule has 0 atom stereocenters. The summed E-state index contributed by atoms with van der Waals surface area (Å²) in [7, 11) is 1.42. The fraction of sp³-hybridized carbons (Fsp3) is 0.0870. The highest BCUT2D eigenvalue weighted by molar-refractivity contribution is 6.09. The molecule has 0 bridgehead atoms. The topological polar surface area (TPSA) is 87.0 Å². The van der Waals surface area contributed by atoms with Crippen molar-refractivity contribution in [2.45, 2.75) is 6.42 Å². The van der Waals surface area contributed by atoms with Gasteiger partial charge in [-0.05, 0) is 29.3 Å². The van der Waals surface area contributed by atoms with Gasteiger partial charge in [0.15, 0.2) is 17.3 Å². The molecule has 0 aliphatic carbocycles. The molecule has 142 valence electrons. The van der Waals surface area contributed by atoms with E-state index in [4.69, 9.17) is 4.74 Å². The summed E-state index contributed by atoms with van der Waals surface area (Å²) < 4.78 is 5.24. The molecule has 5 nitrogen and oxygen atoms in total. The molecule has 0 radical (unpaired) electrons. The monoisotopic (exact) mass is 376 g/mol. The van der Waals surface area contributed by atoms with Crippen LogP contribution in [0.25, 0.3) is 6.08 Å². The molecule has 5 heteroatoms. The van der Waals surface area contributed by atoms with Crippen molar-refractivity contribution in [2.75, 3.05) is 7.11 Å². The predicted octanol–water partition coefficient (Wildman–Crippen LogP) is 4.30. The van der Waals surface area contributed by atoms with Crippen LogP contribution in [0.15, 0.2) is 66.7 Å². The summed E-state index contributed by atoms with van der Waals surface area (Å²) in [5.41, 5.74) is 2.04. The first kappa shape index (κ1) is 19.0. The molecule has 0 heterocycles. The van der Waals surface area contributed by atoms with Gasteiger partial charge in [0.05, 0.1) is 12.7 Å². The number of ketones is 1. The first-order chi connectivity index (χ1) is 13.5. The molecule has 0 aromatic heterocycles. The summed E-state index contributed by atoms with van der Waals surface area (Å²) in [5.74, 6) is -0.587. The third-order valence-electron chi connectivity index (χ3n) is 4.37. The van der Waals surface area contributed by atoms with Crippen molar-refractivity contribution in [1.29, 1.82) is 0 Å². The van der Waals surface area contributed by atoms with Crippen molar-refractivity contribution in [2.24, 2.45) is 0 Å². The van der Waals surface area contributed by atoms with Crippen molar-refractivity contribution >= 4 is 11.9 Å². The standard InChI is InChI=1S/C23H20O5/c1-28-22-14-21(26)17(12-16-8-5-9-20(25)23(16)27)13-18(22)19(24)11-10-15-6-3-2-4-7-15/h2-11,13-14,25-27H,12H2,1H3/b11-10+. The highest BCUT2D eigenvalue weighted by Crippen LogP contribution is 2.34. The molecular formula is C23H20O5. The number of para-hydroxylation sites is 1. The van der Waals surface area contributed by atoms with E-state index in [1.165, 1.54) is 31.4 Å². The number of ether oxygens (including phenoxy) is 1. The first-order valence-electron chi connectivity index (χ1n) is 8.66. The highest BCUT2D eigenvalue weighted by Gasteiger charge is 2.16. The molecule has 0 unspecified atom stereocenters. The molecule has 0 aliphatic heterocycles. The largest absolute Gasteiger partial charge is 0.508 e. The number of benzene rings is 3. The van der Waals surface area contributed by atoms with Crippen LogP contribution in [0.4, 0.5) is 0 Å². The van der Waals surface area contributed by atoms with E-state index < -0.39 is 0 Å². The van der Waals surface area contributed by atoms with Crippen LogP contribution >= 0.6 is 0 Å². The van der Waals surface area contributed by atoms with Crippen molar-refractivity contribution in [3.05, 3.63) is 89.0 Å². The van der Waals surface area contributed by atoms with Gasteiger partial charge >= 0.3 is 0 Å². The number of rotatable bonds is 6. The Hall–Kier alpha value is -3.73. The van der Waals surface area contributed by atoms with Crippen LogP contribution in [-0.2, 0) is 6.42 Å². The van der Waals surface area contributed by atoms with E-state index >= 15 is 0 Å². The normalized spacial score (nSPS) is 10.9. The van der Waals surface area contributed by atoms with Gasteiger partial charge in [0, 0.05) is 18.1 Å². The number of aromatic hydroxyl groups is 3. The number of allylic oxidation sites excluding steroid dienone is 1. The number of hydrogen-bond acceptors (Lipinski definition) is 5. The molecule has 3 aromatic rings. The Morgan fingerprint density at radius 3 is 2.39 bits per heavy atom. The summed E-state index contributed by atoms with van der Waals surface area (Å²) >= 11 is 0. The van der Waals surface area contributed by atoms with Gasteiger partial charge in [-0.25, -0.2) is 0 Å². The maximum atomic E-state index is 12.7. The minimum absolute atomic E-state index is 0.0665. The van der Waals surface area contributed by atoms with Gasteiger partial charge in [-0.2, -0.15) is 0 Å². The van der Waals surface area contributed by atoms with Gasteiger partial charge in [0.25, 0.3) is 0 Å². The number of carbonyl (C=O) groups excluding carboxylic acids is 1. The second kappa shape index (κ2) is 8.31. The van der Waals surface area contributed by atoms with E-state index in [0.29, 0.717) is 16.7 Å². The Balaban J connectivity index is 1.94. The van der Waals surface area contributed by atoms with Gasteiger partial charge in [-0.1, -0.05) is 48.5 Å². The lowest BCUT2D eigenvalue weighted by Gasteiger charge is -2.12. The smallest absolute Gasteiger partial charge is 0.189 e. The highest BCUT2D eigenvalue weighted by atomic mass is 16.5. The first-order valence-corrected chi connectivity index (χ1v) is 8.66. The van der Waals surface area contributed by atoms with Gasteiger partial charge in [0.1, 0.15) is 11.5 Å². The molecular weight excluding hydrogens is 356 g/mol. The average molecular weight is 376 g/mol. The van der Waals surface area contributed by atoms with Crippen LogP contribution in [0.1, 0.15) is 27.0 Å². The van der Waals surface area contributed by atoms with Gasteiger partial charge in [-0.3, -0.25) is 4.79 Å². The van der Waals surface area contributed by atoms with Crippen molar-refractivity contribution in [3.8, 4) is 23.0 Å². The van der Waals surface area contributed by atoms with E-state index in [1.54, 1.807) is 18.2 Å². The molecule has 0 fully saturated rings. The maximum absolute atomic E-state index is 12.7. The lowest BCUT2D eigenvalue weighted by molar-refractivity contribution is 0.104. The Kier molecular flexibility index (Phi) is 5.65. The van der Waals surface area contributed by atoms with Gasteiger partial charge < -0.3 is 20.1 Å². The second-order valence-electron chi connectivity index (χ2n) is 6.25. The van der Waals surface area contributed by atoms with Crippen molar-refractivity contribution < 1.29 is 24.9 Å². The molecule has 0 amide bonds. The zero-order chi connectivity index (χ0) is 20.1. The molecule has 0 spiro atoms. The number of hydrogen-bond donors (Lipinski definition) is 3. The second-order valence-corrected chi connectivity index (χ2v) is 6.25. The van der Waals surface area contributed by atoms with Crippen LogP contribution in [0, 0.1) is 0 Å². The van der Waals surface area contributed by atoms with Crippen LogP contribution in [0.2, 0.25) is 0 Å². The SMILES string of the molecule is COc1cc(O)c(Cc2cccc(O)c2O)cc1C(=O)/C=C/c1ccccc1. The lowest BCUT2D eigenvalue weighted by Crippen LogP contribution is -2.02. The molecule has 28 heavy (non-hydrogen) atoms. The summed E-state index contributed by atoms with van der Waals surface area (Å²) in [6.07, 6.45) is 3.29. The lowest BCUT2D eigenvalue weighted by atomic mass is 9.98. The summed E-state index contributed by atoms with van der Waals surface area (Å²) in [6, 6.07) is 16.9. The molecule has 3 N–H and O–H groups in total. The number of phenolic OH excluding ortho intramolecular Hbond substituents is 3. The maximum Gasteiger partial charge on any atom is 0.189 e. The van der Waals surface area contributed by atoms with Crippen LogP contribution in [0.3, 0.4) is 0 Å². The Labute approximate surface area is 162 Å². The Morgan fingerprint density at radius 1 is 0.929 bits per heavy atom. The van der Waals surface area contributed by atoms with E-state index in [9.17, 15) is 20.1 Å². The van der Waals surface area contributed by atoms with E-state index in [1.807, 2.05) is 30.3 Å². The number of methoxy groups -OCH3 is 1. The van der Waals surface area contributed by atoms with Crippen LogP contribution in [-0.4, -0.2) is 28.2 Å². The molecule has 3 rings (SSSR count). The fourth-order valence-corrected chi connectivity index (χ4v) is 2.87. The molecule has 0 aliphatic rings. The van der Waals surface area contributed by atoms with Crippen LogP contribution in [0.5, 0.6) is 23.0 Å². The fourth-order valence-electron chi connectivity index (χ4n) is 2.87. The Bertz CT molecular complexity index is 1020. The third kappa shape index (κ3) is 4.15. The minimum Gasteiger partial charge on any atom is -0.508 e. The van der Waals surface area contributed by atoms with E-state index in [2.05, 4.69) is 0 Å². The minimum atomic E-state index is -0.276. The Morgan fingerprint density at radius 2 is 1.68 bits per heavy atom. The summed E-state index contributed by atoms with van der Waals surface area (Å²) in [6.45, 7) is 0. The zero-order valence-corrected chi connectivity index (χ0v) is 15.3.